The smallest absolute Gasteiger partial charge is 0.136 e. The Morgan fingerprint density at radius 2 is 0.756 bits per heavy atom. The van der Waals surface area contributed by atoms with Crippen molar-refractivity contribution in [2.24, 2.45) is 0 Å². The van der Waals surface area contributed by atoms with E-state index in [0.29, 0.717) is 0 Å². The molecular weight excluding hydrogens is 991 g/mol. The van der Waals surface area contributed by atoms with Crippen LogP contribution in [0.4, 0.5) is 0 Å². The summed E-state index contributed by atoms with van der Waals surface area (Å²) in [4.78, 5) is 0. The Balaban J connectivity index is 0.746. The SMILES string of the molecule is CC1(C)c2cc(-c3ccc4cc(-c5ccc6c7cc8c(cc7n(-c7ccccc7)c6c5)C(C)(C)c5cc(-c6ccc7ccc9cccc%10ccc6c7c9%10)ccc5-8)c5cccc6ccc3c4c65)ccc2-c2cc3oc4ccccc4c3cc21. The average molecular weight is 1040 g/mol. The van der Waals surface area contributed by atoms with Gasteiger partial charge in [0.15, 0.2) is 0 Å². The fourth-order valence-corrected chi connectivity index (χ4v) is 15.9. The van der Waals surface area contributed by atoms with Gasteiger partial charge in [-0.05, 0) is 209 Å². The molecule has 0 atom stereocenters. The van der Waals surface area contributed by atoms with Gasteiger partial charge in [0.2, 0.25) is 0 Å². The van der Waals surface area contributed by atoms with E-state index in [1.165, 1.54) is 175 Å². The topological polar surface area (TPSA) is 18.1 Å². The first kappa shape index (κ1) is 44.8. The van der Waals surface area contributed by atoms with Crippen LogP contribution in [0, 0.1) is 0 Å². The number of aromatic nitrogens is 1. The molecule has 0 saturated carbocycles. The average Bonchev–Trinajstić information content (AvgIpc) is 2.76. The summed E-state index contributed by atoms with van der Waals surface area (Å²) in [5.41, 5.74) is 23.3. The highest BCUT2D eigenvalue weighted by Crippen LogP contribution is 2.55. The van der Waals surface area contributed by atoms with E-state index in [1.54, 1.807) is 0 Å². The highest BCUT2D eigenvalue weighted by molar-refractivity contribution is 6.29. The van der Waals surface area contributed by atoms with E-state index >= 15 is 0 Å². The van der Waals surface area contributed by atoms with Crippen LogP contribution in [0.5, 0.6) is 0 Å². The van der Waals surface area contributed by atoms with Crippen molar-refractivity contribution in [1.82, 2.24) is 4.57 Å². The lowest BCUT2D eigenvalue weighted by atomic mass is 9.80. The Kier molecular flexibility index (Phi) is 8.44. The van der Waals surface area contributed by atoms with Gasteiger partial charge in [0.1, 0.15) is 11.2 Å². The van der Waals surface area contributed by atoms with E-state index in [1.807, 2.05) is 0 Å². The highest BCUT2D eigenvalue weighted by Gasteiger charge is 2.39. The van der Waals surface area contributed by atoms with E-state index in [-0.39, 0.29) is 10.8 Å². The number of furan rings is 1. The molecule has 17 aromatic rings. The van der Waals surface area contributed by atoms with Gasteiger partial charge in [-0.3, -0.25) is 0 Å². The van der Waals surface area contributed by atoms with Crippen LogP contribution in [0.15, 0.2) is 241 Å². The van der Waals surface area contributed by atoms with Gasteiger partial charge in [0, 0.05) is 38.1 Å². The van der Waals surface area contributed by atoms with Gasteiger partial charge >= 0.3 is 0 Å². The Labute approximate surface area is 473 Å². The van der Waals surface area contributed by atoms with Gasteiger partial charge in [0.25, 0.3) is 0 Å². The van der Waals surface area contributed by atoms with Crippen LogP contribution in [-0.2, 0) is 10.8 Å². The molecule has 2 heterocycles. The second-order valence-electron chi connectivity index (χ2n) is 24.7. The third-order valence-corrected chi connectivity index (χ3v) is 19.9. The van der Waals surface area contributed by atoms with Crippen LogP contribution in [0.25, 0.3) is 170 Å². The van der Waals surface area contributed by atoms with Crippen molar-refractivity contribution < 1.29 is 4.42 Å². The minimum atomic E-state index is -0.228. The first-order valence-corrected chi connectivity index (χ1v) is 29.0. The summed E-state index contributed by atoms with van der Waals surface area (Å²) in [6, 6.07) is 90.0. The van der Waals surface area contributed by atoms with E-state index in [9.17, 15) is 0 Å². The first-order valence-electron chi connectivity index (χ1n) is 29.0. The minimum absolute atomic E-state index is 0.180. The van der Waals surface area contributed by atoms with E-state index in [2.05, 4.69) is 269 Å². The molecule has 0 radical (unpaired) electrons. The maximum atomic E-state index is 6.41. The molecule has 2 aliphatic carbocycles. The molecule has 0 bridgehead atoms. The monoisotopic (exact) mass is 1040 g/mol. The number of rotatable bonds is 4. The normalized spacial score (nSPS) is 14.3. The van der Waals surface area contributed by atoms with Gasteiger partial charge in [-0.15, -0.1) is 0 Å². The van der Waals surface area contributed by atoms with E-state index in [4.69, 9.17) is 4.42 Å². The standard InChI is InChI=1S/C80H51NO/c1-79(2)68-38-49(26-32-56(68)64-42-74-66(41-69(64)79)58-17-8-9-19-73(58)82-74)54-30-28-51-36-62(59-18-11-14-46-24-35-61(54)78(51)77(46)59)50-27-33-57-65-40-63-55-31-25-48(53-29-22-47-21-20-44-12-10-13-45-23-34-60(53)76(47)75(44)45)37-67(55)80(3,4)70(63)43-72(65)81(71(57)39-50)52-15-6-5-7-16-52/h5-43H,1-4H3. The summed E-state index contributed by atoms with van der Waals surface area (Å²) < 4.78 is 8.93. The van der Waals surface area contributed by atoms with Gasteiger partial charge in [-0.2, -0.15) is 0 Å². The third-order valence-electron chi connectivity index (χ3n) is 19.9. The molecule has 2 heteroatoms. The van der Waals surface area contributed by atoms with Crippen LogP contribution in [0.3, 0.4) is 0 Å². The molecule has 2 aliphatic rings. The molecule has 0 spiro atoms. The van der Waals surface area contributed by atoms with Crippen molar-refractivity contribution in [3.8, 4) is 61.3 Å². The number of fused-ring (bicyclic) bond motifs is 12. The Bertz CT molecular complexity index is 5670. The molecule has 2 aromatic heterocycles. The maximum absolute atomic E-state index is 6.41. The molecule has 0 saturated heterocycles. The maximum Gasteiger partial charge on any atom is 0.136 e. The lowest BCUT2D eigenvalue weighted by Gasteiger charge is -2.23. The molecule has 15 aromatic carbocycles. The van der Waals surface area contributed by atoms with Crippen LogP contribution in [0.1, 0.15) is 49.9 Å². The zero-order valence-electron chi connectivity index (χ0n) is 45.9. The largest absolute Gasteiger partial charge is 0.456 e. The van der Waals surface area contributed by atoms with Gasteiger partial charge < -0.3 is 8.98 Å². The highest BCUT2D eigenvalue weighted by atomic mass is 16.3. The number of nitrogens with zero attached hydrogens (tertiary/aromatic N) is 1. The summed E-state index contributed by atoms with van der Waals surface area (Å²) >= 11 is 0. The molecule has 2 nitrogen and oxygen atoms in total. The molecule has 0 amide bonds. The number of para-hydroxylation sites is 2. The van der Waals surface area contributed by atoms with Crippen LogP contribution in [0.2, 0.25) is 0 Å². The molecule has 82 heavy (non-hydrogen) atoms. The van der Waals surface area contributed by atoms with Crippen molar-refractivity contribution in [3.63, 3.8) is 0 Å². The second-order valence-corrected chi connectivity index (χ2v) is 24.7. The van der Waals surface area contributed by atoms with Crippen LogP contribution < -0.4 is 0 Å². The summed E-state index contributed by atoms with van der Waals surface area (Å²) in [6.07, 6.45) is 0. The molecule has 19 rings (SSSR count). The predicted octanol–water partition coefficient (Wildman–Crippen LogP) is 22.1. The predicted molar refractivity (Wildman–Crippen MR) is 347 cm³/mol. The van der Waals surface area contributed by atoms with Gasteiger partial charge in [0.05, 0.1) is 11.0 Å². The van der Waals surface area contributed by atoms with Crippen molar-refractivity contribution >= 4 is 108 Å². The van der Waals surface area contributed by atoms with Crippen molar-refractivity contribution in [1.29, 1.82) is 0 Å². The van der Waals surface area contributed by atoms with Gasteiger partial charge in [-0.25, -0.2) is 0 Å². The molecule has 382 valence electrons. The van der Waals surface area contributed by atoms with Crippen LogP contribution in [-0.4, -0.2) is 4.57 Å². The number of benzene rings is 15. The van der Waals surface area contributed by atoms with Crippen molar-refractivity contribution in [2.75, 3.05) is 0 Å². The Hall–Kier alpha value is -10.0. The van der Waals surface area contributed by atoms with Gasteiger partial charge in [-0.1, -0.05) is 198 Å². The molecule has 0 aliphatic heterocycles. The third kappa shape index (κ3) is 5.73. The summed E-state index contributed by atoms with van der Waals surface area (Å²) in [5, 5.41) is 20.5. The summed E-state index contributed by atoms with van der Waals surface area (Å²) in [6.45, 7) is 9.62. The number of hydrogen-bond donors (Lipinski definition) is 0. The minimum Gasteiger partial charge on any atom is -0.456 e. The fraction of sp³-hybridized carbons (Fsp3) is 0.0750. The molecule has 0 fully saturated rings. The Morgan fingerprint density at radius 1 is 0.268 bits per heavy atom. The lowest BCUT2D eigenvalue weighted by Crippen LogP contribution is -2.15. The lowest BCUT2D eigenvalue weighted by molar-refractivity contribution is 0.658. The fourth-order valence-electron chi connectivity index (χ4n) is 15.9. The van der Waals surface area contributed by atoms with E-state index < -0.39 is 0 Å². The molecule has 0 N–H and O–H groups in total. The van der Waals surface area contributed by atoms with Crippen molar-refractivity contribution in [2.45, 2.75) is 38.5 Å². The Morgan fingerprint density at radius 3 is 1.49 bits per heavy atom. The number of hydrogen-bond acceptors (Lipinski definition) is 1. The van der Waals surface area contributed by atoms with Crippen molar-refractivity contribution in [3.05, 3.63) is 259 Å². The zero-order chi connectivity index (χ0) is 54.1. The summed E-state index contributed by atoms with van der Waals surface area (Å²) in [5.74, 6) is 0. The molecule has 0 unspecified atom stereocenters. The molecular formula is C80H51NO. The van der Waals surface area contributed by atoms with Crippen LogP contribution >= 0.6 is 0 Å². The quantitative estimate of drug-likeness (QED) is 0.161. The first-order chi connectivity index (χ1) is 40.1. The second kappa shape index (κ2) is 15.5. The summed E-state index contributed by atoms with van der Waals surface area (Å²) in [7, 11) is 0. The zero-order valence-corrected chi connectivity index (χ0v) is 45.9. The van der Waals surface area contributed by atoms with E-state index in [0.717, 1.165) is 16.9 Å².